The van der Waals surface area contributed by atoms with Crippen molar-refractivity contribution in [3.05, 3.63) is 107 Å². The number of phenolic OH excluding ortho intramolecular Hbond substituents is 1. The van der Waals surface area contributed by atoms with Crippen LogP contribution in [0.1, 0.15) is 22.7 Å². The lowest BCUT2D eigenvalue weighted by molar-refractivity contribution is -0.120. The molecule has 1 amide bonds. The Labute approximate surface area is 173 Å². The number of rotatable bonds is 5. The average molecular weight is 403 g/mol. The zero-order valence-electron chi connectivity index (χ0n) is 15.5. The quantitative estimate of drug-likeness (QED) is 0.491. The van der Waals surface area contributed by atoms with Crippen molar-refractivity contribution in [3.63, 3.8) is 0 Å². The van der Waals surface area contributed by atoms with Gasteiger partial charge in [0.05, 0.1) is 12.5 Å². The Balaban J connectivity index is 1.72. The van der Waals surface area contributed by atoms with Crippen molar-refractivity contribution in [2.24, 2.45) is 0 Å². The predicted molar refractivity (Wildman–Crippen MR) is 115 cm³/mol. The fourth-order valence-electron chi connectivity index (χ4n) is 3.37. The van der Waals surface area contributed by atoms with Gasteiger partial charge in [-0.2, -0.15) is 0 Å². The summed E-state index contributed by atoms with van der Waals surface area (Å²) in [6.45, 7) is 0. The molecule has 3 aromatic carbocycles. The molecule has 0 saturated heterocycles. The van der Waals surface area contributed by atoms with Crippen LogP contribution in [0.25, 0.3) is 10.9 Å². The maximum atomic E-state index is 12.8. The number of pyridine rings is 1. The molecule has 0 radical (unpaired) electrons. The molecule has 5 heteroatoms. The fourth-order valence-corrected chi connectivity index (χ4v) is 3.49. The monoisotopic (exact) mass is 402 g/mol. The van der Waals surface area contributed by atoms with Crippen molar-refractivity contribution in [2.75, 3.05) is 0 Å². The molecule has 0 bridgehead atoms. The van der Waals surface area contributed by atoms with E-state index in [-0.39, 0.29) is 18.1 Å². The number of aromatic hydroxyl groups is 1. The standard InChI is InChI=1S/C24H19ClN2O2/c25-19-11-8-18(9-12-19)22(27-21(28)15-16-5-2-1-3-6-16)20-13-10-17-7-4-14-26-23(17)24(20)29/h1-14,22,29H,15H2,(H,27,28)/t22-/m0/s1. The molecule has 0 aliphatic heterocycles. The van der Waals surface area contributed by atoms with Gasteiger partial charge in [-0.25, -0.2) is 0 Å². The number of halogens is 1. The molecular formula is C24H19ClN2O2. The van der Waals surface area contributed by atoms with Gasteiger partial charge in [0.2, 0.25) is 5.91 Å². The van der Waals surface area contributed by atoms with Gasteiger partial charge in [0.25, 0.3) is 0 Å². The third-order valence-corrected chi connectivity index (χ3v) is 5.06. The lowest BCUT2D eigenvalue weighted by Gasteiger charge is -2.21. The summed E-state index contributed by atoms with van der Waals surface area (Å²) in [6.07, 6.45) is 1.88. The molecule has 0 fully saturated rings. The van der Waals surface area contributed by atoms with Crippen LogP contribution in [0, 0.1) is 0 Å². The number of benzene rings is 3. The highest BCUT2D eigenvalue weighted by atomic mass is 35.5. The minimum Gasteiger partial charge on any atom is -0.505 e. The Bertz CT molecular complexity index is 1140. The summed E-state index contributed by atoms with van der Waals surface area (Å²) in [4.78, 5) is 17.1. The highest BCUT2D eigenvalue weighted by Gasteiger charge is 2.22. The van der Waals surface area contributed by atoms with E-state index in [9.17, 15) is 9.90 Å². The van der Waals surface area contributed by atoms with Crippen LogP contribution in [0.3, 0.4) is 0 Å². The van der Waals surface area contributed by atoms with Gasteiger partial charge in [0, 0.05) is 22.2 Å². The first-order valence-electron chi connectivity index (χ1n) is 9.27. The van der Waals surface area contributed by atoms with E-state index >= 15 is 0 Å². The molecule has 1 heterocycles. The third-order valence-electron chi connectivity index (χ3n) is 4.81. The number of hydrogen-bond acceptors (Lipinski definition) is 3. The Morgan fingerprint density at radius 3 is 2.48 bits per heavy atom. The maximum Gasteiger partial charge on any atom is 0.225 e. The highest BCUT2D eigenvalue weighted by molar-refractivity contribution is 6.30. The van der Waals surface area contributed by atoms with Crippen molar-refractivity contribution in [3.8, 4) is 5.75 Å². The van der Waals surface area contributed by atoms with Gasteiger partial charge in [-0.05, 0) is 29.3 Å². The number of phenols is 1. The molecular weight excluding hydrogens is 384 g/mol. The van der Waals surface area contributed by atoms with Gasteiger partial charge in [-0.1, -0.05) is 72.3 Å². The molecule has 0 aliphatic rings. The molecule has 1 atom stereocenters. The maximum absolute atomic E-state index is 12.8. The number of nitrogens with zero attached hydrogens (tertiary/aromatic N) is 1. The minimum absolute atomic E-state index is 0.0584. The SMILES string of the molecule is O=C(Cc1ccccc1)N[C@@H](c1ccc(Cl)cc1)c1ccc2cccnc2c1O. The van der Waals surface area contributed by atoms with Crippen LogP contribution in [0.4, 0.5) is 0 Å². The van der Waals surface area contributed by atoms with Crippen LogP contribution >= 0.6 is 11.6 Å². The van der Waals surface area contributed by atoms with E-state index in [0.717, 1.165) is 16.5 Å². The molecule has 0 spiro atoms. The van der Waals surface area contributed by atoms with E-state index in [1.807, 2.05) is 66.7 Å². The lowest BCUT2D eigenvalue weighted by Crippen LogP contribution is -2.30. The zero-order chi connectivity index (χ0) is 20.2. The van der Waals surface area contributed by atoms with Crippen LogP contribution in [-0.4, -0.2) is 16.0 Å². The number of aromatic nitrogens is 1. The molecule has 0 saturated carbocycles. The van der Waals surface area contributed by atoms with Crippen LogP contribution in [0.2, 0.25) is 5.02 Å². The van der Waals surface area contributed by atoms with Gasteiger partial charge < -0.3 is 10.4 Å². The summed E-state index contributed by atoms with van der Waals surface area (Å²) in [5.41, 5.74) is 2.83. The van der Waals surface area contributed by atoms with Crippen molar-refractivity contribution in [1.82, 2.24) is 10.3 Å². The van der Waals surface area contributed by atoms with Crippen molar-refractivity contribution in [2.45, 2.75) is 12.5 Å². The van der Waals surface area contributed by atoms with E-state index in [2.05, 4.69) is 10.3 Å². The second-order valence-corrected chi connectivity index (χ2v) is 7.23. The third kappa shape index (κ3) is 4.23. The molecule has 1 aromatic heterocycles. The number of nitrogens with one attached hydrogen (secondary N) is 1. The first-order valence-corrected chi connectivity index (χ1v) is 9.65. The van der Waals surface area contributed by atoms with Gasteiger partial charge in [-0.15, -0.1) is 0 Å². The molecule has 4 nitrogen and oxygen atoms in total. The van der Waals surface area contributed by atoms with Gasteiger partial charge in [0.1, 0.15) is 11.3 Å². The van der Waals surface area contributed by atoms with Gasteiger partial charge in [0.15, 0.2) is 0 Å². The molecule has 29 heavy (non-hydrogen) atoms. The summed E-state index contributed by atoms with van der Waals surface area (Å²) in [6, 6.07) is 23.7. The Morgan fingerprint density at radius 1 is 0.966 bits per heavy atom. The van der Waals surface area contributed by atoms with Crippen LogP contribution < -0.4 is 5.32 Å². The second-order valence-electron chi connectivity index (χ2n) is 6.79. The molecule has 4 aromatic rings. The largest absolute Gasteiger partial charge is 0.505 e. The second kappa shape index (κ2) is 8.33. The van der Waals surface area contributed by atoms with E-state index in [1.165, 1.54) is 0 Å². The summed E-state index contributed by atoms with van der Waals surface area (Å²) < 4.78 is 0. The number of carbonyl (C=O) groups excluding carboxylic acids is 1. The van der Waals surface area contributed by atoms with Gasteiger partial charge >= 0.3 is 0 Å². The smallest absolute Gasteiger partial charge is 0.225 e. The van der Waals surface area contributed by atoms with Crippen LogP contribution in [-0.2, 0) is 11.2 Å². The van der Waals surface area contributed by atoms with Crippen LogP contribution in [0.5, 0.6) is 5.75 Å². The van der Waals surface area contributed by atoms with E-state index in [4.69, 9.17) is 11.6 Å². The Hall–Kier alpha value is -3.37. The summed E-state index contributed by atoms with van der Waals surface area (Å²) in [5, 5.41) is 15.4. The number of amides is 1. The van der Waals surface area contributed by atoms with Crippen LogP contribution in [0.15, 0.2) is 85.1 Å². The fraction of sp³-hybridized carbons (Fsp3) is 0.0833. The highest BCUT2D eigenvalue weighted by Crippen LogP contribution is 2.34. The van der Waals surface area contributed by atoms with Crippen molar-refractivity contribution in [1.29, 1.82) is 0 Å². The first-order chi connectivity index (χ1) is 14.1. The summed E-state index contributed by atoms with van der Waals surface area (Å²) >= 11 is 6.04. The zero-order valence-corrected chi connectivity index (χ0v) is 16.3. The first kappa shape index (κ1) is 19.0. The molecule has 4 rings (SSSR count). The number of carbonyl (C=O) groups is 1. The molecule has 0 unspecified atom stereocenters. The Kier molecular flexibility index (Phi) is 5.45. The van der Waals surface area contributed by atoms with Crippen molar-refractivity contribution < 1.29 is 9.90 Å². The Morgan fingerprint density at radius 2 is 1.72 bits per heavy atom. The minimum atomic E-state index is -0.533. The summed E-state index contributed by atoms with van der Waals surface area (Å²) in [7, 11) is 0. The number of hydrogen-bond donors (Lipinski definition) is 2. The topological polar surface area (TPSA) is 62.2 Å². The predicted octanol–water partition coefficient (Wildman–Crippen LogP) is 5.04. The van der Waals surface area contributed by atoms with E-state index < -0.39 is 6.04 Å². The molecule has 144 valence electrons. The summed E-state index contributed by atoms with van der Waals surface area (Å²) in [5.74, 6) is -0.0836. The van der Waals surface area contributed by atoms with Crippen molar-refractivity contribution >= 4 is 28.4 Å². The normalized spacial score (nSPS) is 11.9. The lowest BCUT2D eigenvalue weighted by atomic mass is 9.96. The molecule has 2 N–H and O–H groups in total. The van der Waals surface area contributed by atoms with E-state index in [0.29, 0.717) is 16.1 Å². The molecule has 0 aliphatic carbocycles. The van der Waals surface area contributed by atoms with E-state index in [1.54, 1.807) is 18.3 Å². The number of fused-ring (bicyclic) bond motifs is 1. The van der Waals surface area contributed by atoms with Gasteiger partial charge in [-0.3, -0.25) is 9.78 Å². The average Bonchev–Trinajstić information content (AvgIpc) is 2.74.